The van der Waals surface area contributed by atoms with E-state index in [2.05, 4.69) is 10.2 Å². The zero-order valence-electron chi connectivity index (χ0n) is 11.7. The van der Waals surface area contributed by atoms with E-state index in [4.69, 9.17) is 0 Å². The molecule has 1 N–H and O–H groups in total. The molecule has 1 spiro atoms. The summed E-state index contributed by atoms with van der Waals surface area (Å²) in [5.41, 5.74) is 0.291. The quantitative estimate of drug-likeness (QED) is 0.828. The van der Waals surface area contributed by atoms with Crippen LogP contribution in [0.3, 0.4) is 0 Å². The molecule has 19 heavy (non-hydrogen) atoms. The Labute approximate surface area is 116 Å². The molecule has 0 aromatic heterocycles. The van der Waals surface area contributed by atoms with Gasteiger partial charge in [0.1, 0.15) is 0 Å². The van der Waals surface area contributed by atoms with Gasteiger partial charge in [-0.2, -0.15) is 0 Å². The van der Waals surface area contributed by atoms with E-state index in [1.807, 2.05) is 0 Å². The highest BCUT2D eigenvalue weighted by Crippen LogP contribution is 2.32. The van der Waals surface area contributed by atoms with Crippen LogP contribution in [0, 0.1) is 0 Å². The van der Waals surface area contributed by atoms with Crippen LogP contribution in [0.1, 0.15) is 44.9 Å². The molecule has 2 aliphatic heterocycles. The van der Waals surface area contributed by atoms with E-state index < -0.39 is 9.84 Å². The van der Waals surface area contributed by atoms with Gasteiger partial charge in [-0.3, -0.25) is 0 Å². The Bertz CT molecular complexity index is 415. The number of rotatable bonds is 2. The van der Waals surface area contributed by atoms with Gasteiger partial charge in [0.2, 0.25) is 0 Å². The van der Waals surface area contributed by atoms with Gasteiger partial charge in [-0.25, -0.2) is 8.42 Å². The molecule has 0 bridgehead atoms. The molecule has 2 heterocycles. The predicted molar refractivity (Wildman–Crippen MR) is 77.1 cm³/mol. The zero-order valence-corrected chi connectivity index (χ0v) is 12.6. The summed E-state index contributed by atoms with van der Waals surface area (Å²) in [7, 11) is -2.80. The molecule has 2 saturated heterocycles. The molecular formula is C14H26N2O2S. The summed E-state index contributed by atoms with van der Waals surface area (Å²) >= 11 is 0. The van der Waals surface area contributed by atoms with E-state index in [9.17, 15) is 8.42 Å². The molecule has 1 unspecified atom stereocenters. The smallest absolute Gasteiger partial charge is 0.154 e. The first-order valence-corrected chi connectivity index (χ1v) is 9.50. The van der Waals surface area contributed by atoms with Gasteiger partial charge in [0.15, 0.2) is 9.84 Å². The minimum atomic E-state index is -2.80. The van der Waals surface area contributed by atoms with Gasteiger partial charge in [0, 0.05) is 18.6 Å². The third-order valence-electron chi connectivity index (χ3n) is 5.16. The molecule has 0 amide bonds. The summed E-state index contributed by atoms with van der Waals surface area (Å²) in [6, 6.07) is 0. The SMILES string of the molecule is O=S1(=O)CCCC1CN1CCCNC2(CCCC2)C1. The first kappa shape index (κ1) is 13.8. The minimum absolute atomic E-state index is 0.0935. The highest BCUT2D eigenvalue weighted by atomic mass is 32.2. The summed E-state index contributed by atoms with van der Waals surface area (Å²) in [6.45, 7) is 3.97. The van der Waals surface area contributed by atoms with E-state index in [1.165, 1.54) is 25.7 Å². The van der Waals surface area contributed by atoms with Gasteiger partial charge < -0.3 is 10.2 Å². The van der Waals surface area contributed by atoms with Crippen LogP contribution >= 0.6 is 0 Å². The normalized spacial score (nSPS) is 34.6. The molecule has 5 heteroatoms. The van der Waals surface area contributed by atoms with Crippen molar-refractivity contribution in [3.8, 4) is 0 Å². The fraction of sp³-hybridized carbons (Fsp3) is 1.00. The van der Waals surface area contributed by atoms with Crippen LogP contribution in [-0.4, -0.2) is 56.0 Å². The number of sulfone groups is 1. The lowest BCUT2D eigenvalue weighted by atomic mass is 9.97. The zero-order chi connectivity index (χ0) is 13.3. The lowest BCUT2D eigenvalue weighted by Crippen LogP contribution is -2.50. The van der Waals surface area contributed by atoms with Crippen LogP contribution in [0.2, 0.25) is 0 Å². The number of nitrogens with zero attached hydrogens (tertiary/aromatic N) is 1. The van der Waals surface area contributed by atoms with Gasteiger partial charge in [-0.1, -0.05) is 12.8 Å². The van der Waals surface area contributed by atoms with Crippen molar-refractivity contribution in [1.82, 2.24) is 10.2 Å². The van der Waals surface area contributed by atoms with Crippen molar-refractivity contribution < 1.29 is 8.42 Å². The third-order valence-corrected chi connectivity index (χ3v) is 7.42. The summed E-state index contributed by atoms with van der Waals surface area (Å²) in [5.74, 6) is 0.412. The molecule has 4 nitrogen and oxygen atoms in total. The van der Waals surface area contributed by atoms with E-state index in [0.717, 1.165) is 45.4 Å². The minimum Gasteiger partial charge on any atom is -0.310 e. The van der Waals surface area contributed by atoms with Crippen LogP contribution in [0.25, 0.3) is 0 Å². The van der Waals surface area contributed by atoms with Crippen molar-refractivity contribution in [2.24, 2.45) is 0 Å². The predicted octanol–water partition coefficient (Wildman–Crippen LogP) is 1.17. The molecule has 1 atom stereocenters. The fourth-order valence-electron chi connectivity index (χ4n) is 4.11. The number of hydrogen-bond acceptors (Lipinski definition) is 4. The van der Waals surface area contributed by atoms with Crippen molar-refractivity contribution in [2.45, 2.75) is 55.7 Å². The Morgan fingerprint density at radius 2 is 1.95 bits per heavy atom. The van der Waals surface area contributed by atoms with Crippen LogP contribution < -0.4 is 5.32 Å². The van der Waals surface area contributed by atoms with Crippen LogP contribution in [0.5, 0.6) is 0 Å². The van der Waals surface area contributed by atoms with E-state index >= 15 is 0 Å². The van der Waals surface area contributed by atoms with Gasteiger partial charge in [-0.05, 0) is 45.2 Å². The molecule has 1 aliphatic carbocycles. The maximum absolute atomic E-state index is 12.0. The Morgan fingerprint density at radius 1 is 1.16 bits per heavy atom. The maximum Gasteiger partial charge on any atom is 0.154 e. The largest absolute Gasteiger partial charge is 0.310 e. The topological polar surface area (TPSA) is 49.4 Å². The molecule has 0 radical (unpaired) electrons. The van der Waals surface area contributed by atoms with Gasteiger partial charge >= 0.3 is 0 Å². The molecular weight excluding hydrogens is 260 g/mol. The van der Waals surface area contributed by atoms with Crippen molar-refractivity contribution in [2.75, 3.05) is 31.9 Å². The van der Waals surface area contributed by atoms with Crippen molar-refractivity contribution in [1.29, 1.82) is 0 Å². The van der Waals surface area contributed by atoms with Crippen molar-refractivity contribution in [3.63, 3.8) is 0 Å². The second kappa shape index (κ2) is 5.34. The van der Waals surface area contributed by atoms with Gasteiger partial charge in [0.25, 0.3) is 0 Å². The monoisotopic (exact) mass is 286 g/mol. The molecule has 3 aliphatic rings. The van der Waals surface area contributed by atoms with E-state index in [1.54, 1.807) is 0 Å². The van der Waals surface area contributed by atoms with Crippen LogP contribution in [0.4, 0.5) is 0 Å². The Balaban J connectivity index is 1.66. The number of hydrogen-bond donors (Lipinski definition) is 1. The van der Waals surface area contributed by atoms with Gasteiger partial charge in [-0.15, -0.1) is 0 Å². The summed E-state index contributed by atoms with van der Waals surface area (Å²) < 4.78 is 24.0. The maximum atomic E-state index is 12.0. The van der Waals surface area contributed by atoms with Crippen molar-refractivity contribution >= 4 is 9.84 Å². The second-order valence-corrected chi connectivity index (χ2v) is 9.03. The standard InChI is InChI=1S/C14H26N2O2S/c17-19(18)10-3-5-13(19)11-16-9-4-8-15-14(12-16)6-1-2-7-14/h13,15H,1-12H2. The molecule has 0 aromatic rings. The second-order valence-electron chi connectivity index (χ2n) is 6.63. The average Bonchev–Trinajstić information content (AvgIpc) is 2.86. The fourth-order valence-corrected chi connectivity index (χ4v) is 5.98. The van der Waals surface area contributed by atoms with E-state index in [0.29, 0.717) is 11.3 Å². The highest BCUT2D eigenvalue weighted by molar-refractivity contribution is 7.92. The number of nitrogens with one attached hydrogen (secondary N) is 1. The lowest BCUT2D eigenvalue weighted by Gasteiger charge is -2.34. The van der Waals surface area contributed by atoms with E-state index in [-0.39, 0.29) is 5.25 Å². The first-order chi connectivity index (χ1) is 9.10. The summed E-state index contributed by atoms with van der Waals surface area (Å²) in [5, 5.41) is 3.65. The molecule has 110 valence electrons. The first-order valence-electron chi connectivity index (χ1n) is 7.79. The van der Waals surface area contributed by atoms with Crippen LogP contribution in [0.15, 0.2) is 0 Å². The van der Waals surface area contributed by atoms with Crippen LogP contribution in [-0.2, 0) is 9.84 Å². The summed E-state index contributed by atoms with van der Waals surface area (Å²) in [4.78, 5) is 2.43. The highest BCUT2D eigenvalue weighted by Gasteiger charge is 2.39. The van der Waals surface area contributed by atoms with Crippen molar-refractivity contribution in [3.05, 3.63) is 0 Å². The Morgan fingerprint density at radius 3 is 2.63 bits per heavy atom. The lowest BCUT2D eigenvalue weighted by molar-refractivity contribution is 0.209. The molecule has 1 saturated carbocycles. The molecule has 3 fully saturated rings. The molecule has 0 aromatic carbocycles. The Hall–Kier alpha value is -0.130. The Kier molecular flexibility index (Phi) is 3.89. The summed E-state index contributed by atoms with van der Waals surface area (Å²) in [6.07, 6.45) is 8.06. The van der Waals surface area contributed by atoms with Gasteiger partial charge in [0.05, 0.1) is 11.0 Å². The molecule has 3 rings (SSSR count). The average molecular weight is 286 g/mol. The third kappa shape index (κ3) is 2.98.